The lowest BCUT2D eigenvalue weighted by Crippen LogP contribution is -2.57. The Morgan fingerprint density at radius 2 is 2.19 bits per heavy atom. The Hall–Kier alpha value is -2.42. The SMILES string of the molecule is C=CCN(C(=O)[C@@H]1N(CCO)C(=O)[C@H]2[C@H](C(=O)OCC)[C@@H]3CC[C@]12O3)c1ccccc1Cl. The van der Waals surface area contributed by atoms with Crippen molar-refractivity contribution >= 4 is 35.1 Å². The number of likely N-dealkylation sites (tertiary alicyclic amines) is 1. The minimum atomic E-state index is -1.15. The first-order valence-electron chi connectivity index (χ1n) is 10.8. The number of rotatable bonds is 8. The van der Waals surface area contributed by atoms with Crippen LogP contribution in [0.15, 0.2) is 36.9 Å². The molecule has 0 aromatic heterocycles. The van der Waals surface area contributed by atoms with E-state index in [9.17, 15) is 19.5 Å². The first-order chi connectivity index (χ1) is 15.4. The number of aliphatic hydroxyl groups is 1. The van der Waals surface area contributed by atoms with E-state index in [-0.39, 0.29) is 38.1 Å². The van der Waals surface area contributed by atoms with Crippen LogP contribution in [0.4, 0.5) is 5.69 Å². The highest BCUT2D eigenvalue weighted by Gasteiger charge is 2.75. The van der Waals surface area contributed by atoms with Crippen molar-refractivity contribution in [1.82, 2.24) is 4.90 Å². The van der Waals surface area contributed by atoms with E-state index in [2.05, 4.69) is 6.58 Å². The molecule has 3 saturated heterocycles. The number of hydrogen-bond donors (Lipinski definition) is 1. The molecule has 9 heteroatoms. The minimum Gasteiger partial charge on any atom is -0.466 e. The van der Waals surface area contributed by atoms with E-state index >= 15 is 0 Å². The quantitative estimate of drug-likeness (QED) is 0.467. The van der Waals surface area contributed by atoms with E-state index in [4.69, 9.17) is 21.1 Å². The van der Waals surface area contributed by atoms with E-state index in [1.54, 1.807) is 37.3 Å². The normalized spacial score (nSPS) is 30.3. The van der Waals surface area contributed by atoms with Crippen molar-refractivity contribution in [2.75, 3.05) is 31.2 Å². The van der Waals surface area contributed by atoms with Gasteiger partial charge in [0.25, 0.3) is 5.91 Å². The average molecular weight is 463 g/mol. The van der Waals surface area contributed by atoms with Crippen molar-refractivity contribution in [1.29, 1.82) is 0 Å². The van der Waals surface area contributed by atoms with Gasteiger partial charge in [-0.15, -0.1) is 6.58 Å². The molecule has 3 fully saturated rings. The monoisotopic (exact) mass is 462 g/mol. The molecule has 2 amide bonds. The average Bonchev–Trinajstić information content (AvgIpc) is 3.41. The number of hydrogen-bond acceptors (Lipinski definition) is 6. The largest absolute Gasteiger partial charge is 0.466 e. The van der Waals surface area contributed by atoms with E-state index < -0.39 is 35.6 Å². The third-order valence-electron chi connectivity index (χ3n) is 6.65. The first-order valence-corrected chi connectivity index (χ1v) is 11.2. The molecule has 1 N–H and O–H groups in total. The van der Waals surface area contributed by atoms with Crippen LogP contribution in [0.3, 0.4) is 0 Å². The van der Waals surface area contributed by atoms with Crippen molar-refractivity contribution < 1.29 is 29.0 Å². The Bertz CT molecular complexity index is 939. The van der Waals surface area contributed by atoms with Gasteiger partial charge >= 0.3 is 5.97 Å². The van der Waals surface area contributed by atoms with Crippen LogP contribution in [-0.2, 0) is 23.9 Å². The zero-order valence-corrected chi connectivity index (χ0v) is 18.7. The maximum absolute atomic E-state index is 14.0. The number of para-hydroxylation sites is 1. The molecule has 1 aromatic rings. The topological polar surface area (TPSA) is 96.4 Å². The molecule has 3 aliphatic rings. The number of amides is 2. The number of halogens is 1. The second-order valence-electron chi connectivity index (χ2n) is 8.25. The standard InChI is InChI=1S/C23H27ClN2O6/c1-3-11-25(15-8-6-5-7-14(15)24)21(29)19-23-10-9-16(32-23)17(22(30)31-4-2)18(23)20(28)26(19)12-13-27/h3,5-8,16-19,27H,1,4,9-13H2,2H3/t16-,17+,18+,19-,23+/m0/s1. The Balaban J connectivity index is 1.77. The van der Waals surface area contributed by atoms with E-state index in [0.29, 0.717) is 23.6 Å². The van der Waals surface area contributed by atoms with Crippen LogP contribution in [0.2, 0.25) is 5.02 Å². The van der Waals surface area contributed by atoms with Gasteiger partial charge in [0.15, 0.2) is 0 Å². The number of carbonyl (C=O) groups excluding carboxylic acids is 3. The van der Waals surface area contributed by atoms with Gasteiger partial charge in [0.1, 0.15) is 11.6 Å². The van der Waals surface area contributed by atoms with Crippen LogP contribution >= 0.6 is 11.6 Å². The summed E-state index contributed by atoms with van der Waals surface area (Å²) in [5.41, 5.74) is -0.656. The van der Waals surface area contributed by atoms with Gasteiger partial charge in [-0.3, -0.25) is 14.4 Å². The molecule has 3 heterocycles. The van der Waals surface area contributed by atoms with E-state index in [1.165, 1.54) is 9.80 Å². The van der Waals surface area contributed by atoms with Gasteiger partial charge in [-0.2, -0.15) is 0 Å². The summed E-state index contributed by atoms with van der Waals surface area (Å²) in [6.07, 6.45) is 2.13. The maximum Gasteiger partial charge on any atom is 0.312 e. The third kappa shape index (κ3) is 3.32. The third-order valence-corrected chi connectivity index (χ3v) is 6.97. The summed E-state index contributed by atoms with van der Waals surface area (Å²) in [6, 6.07) is 5.94. The number of fused-ring (bicyclic) bond motifs is 1. The van der Waals surface area contributed by atoms with Crippen LogP contribution in [0.1, 0.15) is 19.8 Å². The second kappa shape index (κ2) is 8.84. The summed E-state index contributed by atoms with van der Waals surface area (Å²) in [7, 11) is 0. The molecular formula is C23H27ClN2O6. The Kier molecular flexibility index (Phi) is 6.29. The Morgan fingerprint density at radius 3 is 2.84 bits per heavy atom. The summed E-state index contributed by atoms with van der Waals surface area (Å²) in [6.45, 7) is 5.47. The lowest BCUT2D eigenvalue weighted by atomic mass is 9.70. The molecule has 0 aliphatic carbocycles. The number of esters is 1. The van der Waals surface area contributed by atoms with E-state index in [0.717, 1.165) is 0 Å². The Morgan fingerprint density at radius 1 is 1.44 bits per heavy atom. The molecule has 0 radical (unpaired) electrons. The number of ether oxygens (including phenoxy) is 2. The van der Waals surface area contributed by atoms with Gasteiger partial charge in [-0.25, -0.2) is 0 Å². The van der Waals surface area contributed by atoms with Crippen LogP contribution in [0.25, 0.3) is 0 Å². The molecule has 8 nitrogen and oxygen atoms in total. The molecule has 0 saturated carbocycles. The van der Waals surface area contributed by atoms with Crippen molar-refractivity contribution in [2.24, 2.45) is 11.8 Å². The fourth-order valence-electron chi connectivity index (χ4n) is 5.54. The smallest absolute Gasteiger partial charge is 0.312 e. The molecule has 32 heavy (non-hydrogen) atoms. The second-order valence-corrected chi connectivity index (χ2v) is 8.66. The minimum absolute atomic E-state index is 0.0402. The molecule has 4 rings (SSSR count). The number of carbonyl (C=O) groups is 3. The summed E-state index contributed by atoms with van der Waals surface area (Å²) in [5, 5.41) is 10.0. The molecule has 1 aromatic carbocycles. The highest BCUT2D eigenvalue weighted by molar-refractivity contribution is 6.34. The van der Waals surface area contributed by atoms with Gasteiger partial charge in [-0.1, -0.05) is 29.8 Å². The Labute approximate surface area is 191 Å². The predicted octanol–water partition coefficient (Wildman–Crippen LogP) is 1.79. The molecule has 172 valence electrons. The van der Waals surface area contributed by atoms with E-state index in [1.807, 2.05) is 0 Å². The number of β-amino-alcohol motifs (C(OH)–C–C–N with tert-alkyl or cyclic N) is 1. The summed E-state index contributed by atoms with van der Waals surface area (Å²) in [4.78, 5) is 43.0. The molecule has 5 atom stereocenters. The van der Waals surface area contributed by atoms with Crippen LogP contribution < -0.4 is 4.90 Å². The molecule has 3 aliphatic heterocycles. The number of nitrogens with zero attached hydrogens (tertiary/aromatic N) is 2. The summed E-state index contributed by atoms with van der Waals surface area (Å²) >= 11 is 6.38. The van der Waals surface area contributed by atoms with Crippen molar-refractivity contribution in [3.8, 4) is 0 Å². The zero-order valence-electron chi connectivity index (χ0n) is 17.9. The van der Waals surface area contributed by atoms with Crippen molar-refractivity contribution in [3.05, 3.63) is 41.9 Å². The van der Waals surface area contributed by atoms with Crippen LogP contribution in [0, 0.1) is 11.8 Å². The molecule has 2 bridgehead atoms. The van der Waals surface area contributed by atoms with Crippen LogP contribution in [0.5, 0.6) is 0 Å². The lowest BCUT2D eigenvalue weighted by Gasteiger charge is -2.36. The van der Waals surface area contributed by atoms with Gasteiger partial charge in [-0.05, 0) is 31.9 Å². The number of anilines is 1. The zero-order chi connectivity index (χ0) is 23.0. The highest BCUT2D eigenvalue weighted by atomic mass is 35.5. The lowest BCUT2D eigenvalue weighted by molar-refractivity contribution is -0.154. The summed E-state index contributed by atoms with van der Waals surface area (Å²) in [5.74, 6) is -2.81. The number of aliphatic hydroxyl groups excluding tert-OH is 1. The fourth-order valence-corrected chi connectivity index (χ4v) is 5.78. The fraction of sp³-hybridized carbons (Fsp3) is 0.522. The molecule has 0 unspecified atom stereocenters. The van der Waals surface area contributed by atoms with Crippen molar-refractivity contribution in [2.45, 2.75) is 37.5 Å². The van der Waals surface area contributed by atoms with Crippen LogP contribution in [-0.4, -0.2) is 71.8 Å². The van der Waals surface area contributed by atoms with Gasteiger partial charge in [0.2, 0.25) is 5.91 Å². The van der Waals surface area contributed by atoms with Gasteiger partial charge in [0, 0.05) is 13.1 Å². The molecule has 1 spiro atoms. The number of benzene rings is 1. The highest BCUT2D eigenvalue weighted by Crippen LogP contribution is 2.58. The first kappa shape index (κ1) is 22.8. The maximum atomic E-state index is 14.0. The van der Waals surface area contributed by atoms with Crippen molar-refractivity contribution in [3.63, 3.8) is 0 Å². The predicted molar refractivity (Wildman–Crippen MR) is 117 cm³/mol. The molecular weight excluding hydrogens is 436 g/mol. The van der Waals surface area contributed by atoms with Gasteiger partial charge < -0.3 is 24.4 Å². The summed E-state index contributed by atoms with van der Waals surface area (Å²) < 4.78 is 11.5. The van der Waals surface area contributed by atoms with Gasteiger partial charge in [0.05, 0.1) is 41.9 Å².